The van der Waals surface area contributed by atoms with E-state index in [-0.39, 0.29) is 12.1 Å². The van der Waals surface area contributed by atoms with E-state index >= 15 is 0 Å². The van der Waals surface area contributed by atoms with Crippen LogP contribution in [-0.2, 0) is 4.74 Å². The van der Waals surface area contributed by atoms with Gasteiger partial charge in [0.25, 0.3) is 0 Å². The Hall–Kier alpha value is -1.66. The highest BCUT2D eigenvalue weighted by Gasteiger charge is 2.14. The van der Waals surface area contributed by atoms with Gasteiger partial charge in [-0.25, -0.2) is 9.18 Å². The first-order valence-corrected chi connectivity index (χ1v) is 8.72. The Balaban J connectivity index is 1.58. The molecule has 134 valence electrons. The fourth-order valence-corrected chi connectivity index (χ4v) is 2.91. The van der Waals surface area contributed by atoms with Gasteiger partial charge in [-0.1, -0.05) is 43.9 Å². The molecule has 1 aliphatic rings. The maximum absolute atomic E-state index is 13.5. The summed E-state index contributed by atoms with van der Waals surface area (Å²) < 4.78 is 19.3. The van der Waals surface area contributed by atoms with E-state index in [1.54, 1.807) is 12.1 Å². The normalized spacial score (nSPS) is 17.1. The number of nitrogens with one attached hydrogen (secondary N) is 2. The molecule has 0 heterocycles. The van der Waals surface area contributed by atoms with Crippen LogP contribution in [0.3, 0.4) is 0 Å². The first-order chi connectivity index (χ1) is 11.7. The van der Waals surface area contributed by atoms with Crippen molar-refractivity contribution in [2.75, 3.05) is 19.7 Å². The summed E-state index contributed by atoms with van der Waals surface area (Å²) in [6, 6.07) is 5.59. The van der Waals surface area contributed by atoms with Crippen LogP contribution in [0.25, 0.3) is 0 Å². The van der Waals surface area contributed by atoms with Crippen LogP contribution >= 0.6 is 0 Å². The quantitative estimate of drug-likeness (QED) is 0.529. The van der Waals surface area contributed by atoms with Crippen LogP contribution in [0.2, 0.25) is 0 Å². The summed E-state index contributed by atoms with van der Waals surface area (Å²) >= 11 is 0. The van der Waals surface area contributed by atoms with Crippen molar-refractivity contribution in [2.24, 2.45) is 0 Å². The molecule has 2 amide bonds. The second-order valence-corrected chi connectivity index (χ2v) is 6.16. The van der Waals surface area contributed by atoms with Crippen LogP contribution in [0.1, 0.15) is 50.2 Å². The Bertz CT molecular complexity index is 505. The van der Waals surface area contributed by atoms with Crippen molar-refractivity contribution in [3.05, 3.63) is 35.6 Å². The fraction of sp³-hybridized carbons (Fsp3) is 0.611. The largest absolute Gasteiger partial charge is 0.386 e. The summed E-state index contributed by atoms with van der Waals surface area (Å²) in [5.41, 5.74) is 0.175. The molecule has 6 heteroatoms. The maximum atomic E-state index is 13.5. The zero-order chi connectivity index (χ0) is 17.2. The first-order valence-electron chi connectivity index (χ1n) is 8.72. The average molecular weight is 338 g/mol. The Labute approximate surface area is 142 Å². The van der Waals surface area contributed by atoms with Crippen molar-refractivity contribution in [3.8, 4) is 0 Å². The van der Waals surface area contributed by atoms with Crippen LogP contribution in [-0.4, -0.2) is 36.9 Å². The van der Waals surface area contributed by atoms with Gasteiger partial charge in [-0.2, -0.15) is 0 Å². The lowest BCUT2D eigenvalue weighted by Gasteiger charge is -2.16. The summed E-state index contributed by atoms with van der Waals surface area (Å²) in [6.07, 6.45) is 6.43. The predicted octanol–water partition coefficient (Wildman–Crippen LogP) is 2.90. The number of aliphatic hydroxyl groups is 1. The number of carbonyl (C=O) groups is 1. The number of carbonyl (C=O) groups excluding carboxylic acids is 1. The molecule has 24 heavy (non-hydrogen) atoms. The van der Waals surface area contributed by atoms with Gasteiger partial charge >= 0.3 is 6.03 Å². The molecule has 3 N–H and O–H groups in total. The molecule has 1 saturated carbocycles. The minimum absolute atomic E-state index is 0.0454. The Morgan fingerprint density at radius 2 is 1.92 bits per heavy atom. The highest BCUT2D eigenvalue weighted by atomic mass is 19.1. The number of hydrogen-bond acceptors (Lipinski definition) is 3. The van der Waals surface area contributed by atoms with Gasteiger partial charge in [-0.15, -0.1) is 0 Å². The van der Waals surface area contributed by atoms with Gasteiger partial charge in [0.05, 0.1) is 18.8 Å². The van der Waals surface area contributed by atoms with Crippen molar-refractivity contribution < 1.29 is 19.0 Å². The van der Waals surface area contributed by atoms with Gasteiger partial charge in [0.1, 0.15) is 5.82 Å². The molecular formula is C18H27FN2O3. The second-order valence-electron chi connectivity index (χ2n) is 6.16. The van der Waals surface area contributed by atoms with Crippen molar-refractivity contribution in [1.29, 1.82) is 0 Å². The van der Waals surface area contributed by atoms with Gasteiger partial charge in [-0.3, -0.25) is 0 Å². The highest BCUT2D eigenvalue weighted by Crippen LogP contribution is 2.19. The van der Waals surface area contributed by atoms with E-state index < -0.39 is 18.0 Å². The second kappa shape index (κ2) is 10.3. The van der Waals surface area contributed by atoms with Crippen LogP contribution in [0.4, 0.5) is 9.18 Å². The molecule has 0 spiro atoms. The van der Waals surface area contributed by atoms with Crippen LogP contribution in [0.15, 0.2) is 24.3 Å². The minimum atomic E-state index is -1.07. The molecule has 0 aliphatic heterocycles. The van der Waals surface area contributed by atoms with Crippen molar-refractivity contribution >= 4 is 6.03 Å². The summed E-state index contributed by atoms with van der Waals surface area (Å²) in [6.45, 7) is 0.850. The van der Waals surface area contributed by atoms with E-state index in [0.29, 0.717) is 19.3 Å². The van der Waals surface area contributed by atoms with E-state index in [1.807, 2.05) is 0 Å². The number of amides is 2. The van der Waals surface area contributed by atoms with Crippen molar-refractivity contribution in [3.63, 3.8) is 0 Å². The van der Waals surface area contributed by atoms with Gasteiger partial charge < -0.3 is 20.5 Å². The third-order valence-corrected chi connectivity index (χ3v) is 4.26. The van der Waals surface area contributed by atoms with Gasteiger partial charge in [-0.05, 0) is 18.9 Å². The summed E-state index contributed by atoms with van der Waals surface area (Å²) in [5, 5.41) is 15.1. The smallest absolute Gasteiger partial charge is 0.314 e. The highest BCUT2D eigenvalue weighted by molar-refractivity contribution is 5.73. The number of aliphatic hydroxyl groups excluding tert-OH is 1. The van der Waals surface area contributed by atoms with Crippen LogP contribution in [0, 0.1) is 5.82 Å². The van der Waals surface area contributed by atoms with Crippen LogP contribution in [0.5, 0.6) is 0 Å². The molecule has 0 radical (unpaired) electrons. The summed E-state index contributed by atoms with van der Waals surface area (Å²) in [5.74, 6) is -0.482. The predicted molar refractivity (Wildman–Crippen MR) is 90.2 cm³/mol. The topological polar surface area (TPSA) is 70.6 Å². The number of halogens is 1. The Morgan fingerprint density at radius 3 is 2.62 bits per heavy atom. The lowest BCUT2D eigenvalue weighted by Crippen LogP contribution is -2.39. The molecule has 1 unspecified atom stereocenters. The molecule has 1 fully saturated rings. The lowest BCUT2D eigenvalue weighted by atomic mass is 10.1. The van der Waals surface area contributed by atoms with Crippen molar-refractivity contribution in [1.82, 2.24) is 10.6 Å². The van der Waals surface area contributed by atoms with Gasteiger partial charge in [0.15, 0.2) is 0 Å². The molecule has 1 aromatic rings. The van der Waals surface area contributed by atoms with E-state index in [9.17, 15) is 14.3 Å². The van der Waals surface area contributed by atoms with Crippen molar-refractivity contribution in [2.45, 2.75) is 50.7 Å². The van der Waals surface area contributed by atoms with Gasteiger partial charge in [0.2, 0.25) is 0 Å². The van der Waals surface area contributed by atoms with E-state index in [4.69, 9.17) is 4.74 Å². The molecule has 0 bridgehead atoms. The van der Waals surface area contributed by atoms with Gasteiger partial charge in [0, 0.05) is 18.7 Å². The number of benzene rings is 1. The minimum Gasteiger partial charge on any atom is -0.386 e. The zero-order valence-corrected chi connectivity index (χ0v) is 14.0. The molecule has 1 atom stereocenters. The Kier molecular flexibility index (Phi) is 7.98. The van der Waals surface area contributed by atoms with Crippen LogP contribution < -0.4 is 10.6 Å². The first kappa shape index (κ1) is 18.7. The lowest BCUT2D eigenvalue weighted by molar-refractivity contribution is 0.0460. The molecule has 0 aromatic heterocycles. The zero-order valence-electron chi connectivity index (χ0n) is 14.0. The molecule has 1 aliphatic carbocycles. The third-order valence-electron chi connectivity index (χ3n) is 4.26. The maximum Gasteiger partial charge on any atom is 0.314 e. The average Bonchev–Trinajstić information content (AvgIpc) is 2.86. The molecule has 0 saturated heterocycles. The molecular weight excluding hydrogens is 311 g/mol. The summed E-state index contributed by atoms with van der Waals surface area (Å²) in [7, 11) is 0. The molecule has 1 aromatic carbocycles. The number of rotatable bonds is 7. The SMILES string of the molecule is O=C(NCCOC1CCCCCC1)NCC(O)c1ccccc1F. The summed E-state index contributed by atoms with van der Waals surface area (Å²) in [4.78, 5) is 11.7. The van der Waals surface area contributed by atoms with E-state index in [2.05, 4.69) is 10.6 Å². The van der Waals surface area contributed by atoms with E-state index in [0.717, 1.165) is 12.8 Å². The standard InChI is InChI=1S/C18H27FN2O3/c19-16-10-6-5-9-15(16)17(22)13-21-18(23)20-11-12-24-14-7-3-1-2-4-8-14/h5-6,9-10,14,17,22H,1-4,7-8,11-13H2,(H2,20,21,23). The number of hydrogen-bond donors (Lipinski definition) is 3. The Morgan fingerprint density at radius 1 is 1.21 bits per heavy atom. The third kappa shape index (κ3) is 6.45. The monoisotopic (exact) mass is 338 g/mol. The number of urea groups is 1. The number of ether oxygens (including phenoxy) is 1. The fourth-order valence-electron chi connectivity index (χ4n) is 2.91. The molecule has 5 nitrogen and oxygen atoms in total. The van der Waals surface area contributed by atoms with E-state index in [1.165, 1.54) is 37.8 Å². The molecule has 2 rings (SSSR count).